The lowest BCUT2D eigenvalue weighted by Crippen LogP contribution is -2.41. The highest BCUT2D eigenvalue weighted by Crippen LogP contribution is 2.35. The number of ether oxygens (including phenoxy) is 3. The zero-order valence-electron chi connectivity index (χ0n) is 21.0. The van der Waals surface area contributed by atoms with Crippen molar-refractivity contribution in [1.29, 1.82) is 0 Å². The monoisotopic (exact) mass is 508 g/mol. The van der Waals surface area contributed by atoms with Crippen molar-refractivity contribution >= 4 is 17.5 Å². The van der Waals surface area contributed by atoms with Crippen LogP contribution in [0, 0.1) is 0 Å². The van der Waals surface area contributed by atoms with Gasteiger partial charge in [0.2, 0.25) is 12.7 Å². The highest BCUT2D eigenvalue weighted by Gasteiger charge is 2.32. The maximum Gasteiger partial charge on any atom is 0.251 e. The van der Waals surface area contributed by atoms with Gasteiger partial charge in [0.25, 0.3) is 5.91 Å². The van der Waals surface area contributed by atoms with Crippen LogP contribution in [0.2, 0.25) is 0 Å². The number of hydrogen-bond acceptors (Lipinski definition) is 5. The molecule has 1 heterocycles. The molecule has 0 aliphatic carbocycles. The molecule has 38 heavy (non-hydrogen) atoms. The topological polar surface area (TPSA) is 77.1 Å². The number of benzene rings is 4. The number of methoxy groups -OCH3 is 1. The number of carbonyl (C=O) groups excluding carboxylic acids is 2. The van der Waals surface area contributed by atoms with Gasteiger partial charge >= 0.3 is 0 Å². The van der Waals surface area contributed by atoms with Crippen LogP contribution in [0.15, 0.2) is 103 Å². The Bertz CT molecular complexity index is 1410. The Morgan fingerprint density at radius 1 is 0.842 bits per heavy atom. The molecule has 0 aromatic heterocycles. The van der Waals surface area contributed by atoms with Gasteiger partial charge in [-0.3, -0.25) is 9.59 Å². The highest BCUT2D eigenvalue weighted by molar-refractivity contribution is 5.98. The molecule has 4 aromatic carbocycles. The Morgan fingerprint density at radius 2 is 1.55 bits per heavy atom. The van der Waals surface area contributed by atoms with Crippen molar-refractivity contribution < 1.29 is 23.8 Å². The van der Waals surface area contributed by atoms with Crippen molar-refractivity contribution in [2.45, 2.75) is 19.0 Å². The second-order valence-corrected chi connectivity index (χ2v) is 8.91. The van der Waals surface area contributed by atoms with E-state index in [9.17, 15) is 9.59 Å². The zero-order chi connectivity index (χ0) is 26.3. The Kier molecular flexibility index (Phi) is 7.54. The van der Waals surface area contributed by atoms with Gasteiger partial charge < -0.3 is 24.4 Å². The molecule has 4 aromatic rings. The lowest BCUT2D eigenvalue weighted by molar-refractivity contribution is -0.139. The number of amides is 2. The number of nitrogens with one attached hydrogen (secondary N) is 1. The molecule has 7 nitrogen and oxygen atoms in total. The van der Waals surface area contributed by atoms with E-state index in [1.807, 2.05) is 78.9 Å². The number of rotatable bonds is 9. The zero-order valence-corrected chi connectivity index (χ0v) is 21.0. The van der Waals surface area contributed by atoms with Crippen LogP contribution in [0.3, 0.4) is 0 Å². The van der Waals surface area contributed by atoms with Gasteiger partial charge in [0.1, 0.15) is 11.8 Å². The third-order valence-corrected chi connectivity index (χ3v) is 6.32. The molecule has 0 radical (unpaired) electrons. The molecule has 5 rings (SSSR count). The van der Waals surface area contributed by atoms with Crippen molar-refractivity contribution in [2.75, 3.05) is 19.2 Å². The van der Waals surface area contributed by atoms with E-state index in [2.05, 4.69) is 5.32 Å². The largest absolute Gasteiger partial charge is 0.497 e. The van der Waals surface area contributed by atoms with Crippen LogP contribution in [0.4, 0.5) is 5.69 Å². The van der Waals surface area contributed by atoms with Crippen LogP contribution in [0.1, 0.15) is 22.7 Å². The molecule has 7 heteroatoms. The fourth-order valence-corrected chi connectivity index (χ4v) is 4.44. The number of nitrogens with zero attached hydrogens (tertiary/aromatic N) is 1. The first-order valence-electron chi connectivity index (χ1n) is 12.3. The van der Waals surface area contributed by atoms with Gasteiger partial charge in [-0.15, -0.1) is 0 Å². The van der Waals surface area contributed by atoms with Crippen LogP contribution in [-0.4, -0.2) is 30.6 Å². The maximum absolute atomic E-state index is 14.0. The van der Waals surface area contributed by atoms with Gasteiger partial charge in [-0.05, 0) is 41.0 Å². The first-order chi connectivity index (χ1) is 18.6. The standard InChI is InChI=1S/C31H28N2O5/c1-36-26-14-8-13-24(18-26)30(31(35)32-25-15-16-27-28(19-25)38-21-37-27)33(20-23-11-6-3-7-12-23)29(34)17-22-9-4-2-5-10-22/h2-16,18-19,30H,17,20-21H2,1H3,(H,32,35). The third-order valence-electron chi connectivity index (χ3n) is 6.32. The summed E-state index contributed by atoms with van der Waals surface area (Å²) in [6, 6.07) is 30.7. The van der Waals surface area contributed by atoms with Crippen molar-refractivity contribution in [1.82, 2.24) is 4.90 Å². The fraction of sp³-hybridized carbons (Fsp3) is 0.161. The van der Waals surface area contributed by atoms with Crippen molar-refractivity contribution in [3.05, 3.63) is 120 Å². The Balaban J connectivity index is 1.53. The van der Waals surface area contributed by atoms with Crippen LogP contribution in [-0.2, 0) is 22.6 Å². The minimum Gasteiger partial charge on any atom is -0.497 e. The second-order valence-electron chi connectivity index (χ2n) is 8.91. The molecule has 1 N–H and O–H groups in total. The summed E-state index contributed by atoms with van der Waals surface area (Å²) >= 11 is 0. The molecule has 192 valence electrons. The normalized spacial score (nSPS) is 12.4. The van der Waals surface area contributed by atoms with Gasteiger partial charge in [0, 0.05) is 18.3 Å². The van der Waals surface area contributed by atoms with E-state index in [1.54, 1.807) is 36.3 Å². The summed E-state index contributed by atoms with van der Waals surface area (Å²) in [5.41, 5.74) is 2.97. The number of anilines is 1. The van der Waals surface area contributed by atoms with E-state index in [0.29, 0.717) is 28.5 Å². The predicted molar refractivity (Wildman–Crippen MR) is 144 cm³/mol. The second kappa shape index (κ2) is 11.5. The molecule has 0 saturated heterocycles. The van der Waals surface area contributed by atoms with Gasteiger partial charge in [-0.2, -0.15) is 0 Å². The summed E-state index contributed by atoms with van der Waals surface area (Å²) in [7, 11) is 1.57. The smallest absolute Gasteiger partial charge is 0.251 e. The molecule has 1 aliphatic heterocycles. The molecule has 0 saturated carbocycles. The number of carbonyl (C=O) groups is 2. The van der Waals surface area contributed by atoms with Crippen LogP contribution in [0.25, 0.3) is 0 Å². The molecule has 0 fully saturated rings. The lowest BCUT2D eigenvalue weighted by atomic mass is 10.0. The number of hydrogen-bond donors (Lipinski definition) is 1. The Labute approximate surface area is 221 Å². The summed E-state index contributed by atoms with van der Waals surface area (Å²) in [6.45, 7) is 0.390. The minimum atomic E-state index is -0.924. The van der Waals surface area contributed by atoms with Crippen molar-refractivity contribution in [3.63, 3.8) is 0 Å². The van der Waals surface area contributed by atoms with Gasteiger partial charge in [-0.1, -0.05) is 72.8 Å². The van der Waals surface area contributed by atoms with Gasteiger partial charge in [-0.25, -0.2) is 0 Å². The minimum absolute atomic E-state index is 0.137. The summed E-state index contributed by atoms with van der Waals surface area (Å²) in [6.07, 6.45) is 0.158. The average molecular weight is 509 g/mol. The molecular weight excluding hydrogens is 480 g/mol. The summed E-state index contributed by atoms with van der Waals surface area (Å²) < 4.78 is 16.3. The predicted octanol–water partition coefficient (Wildman–Crippen LogP) is 5.38. The van der Waals surface area contributed by atoms with E-state index in [0.717, 1.165) is 11.1 Å². The van der Waals surface area contributed by atoms with Crippen molar-refractivity contribution in [2.24, 2.45) is 0 Å². The summed E-state index contributed by atoms with van der Waals surface area (Å²) in [4.78, 5) is 29.5. The lowest BCUT2D eigenvalue weighted by Gasteiger charge is -2.32. The maximum atomic E-state index is 14.0. The number of fused-ring (bicyclic) bond motifs is 1. The van der Waals surface area contributed by atoms with E-state index in [1.165, 1.54) is 0 Å². The first kappa shape index (κ1) is 24.9. The SMILES string of the molecule is COc1cccc(C(C(=O)Nc2ccc3c(c2)OCO3)N(Cc2ccccc2)C(=O)Cc2ccccc2)c1. The van der Waals surface area contributed by atoms with E-state index in [-0.39, 0.29) is 31.6 Å². The van der Waals surface area contributed by atoms with E-state index >= 15 is 0 Å². The highest BCUT2D eigenvalue weighted by atomic mass is 16.7. The van der Waals surface area contributed by atoms with E-state index in [4.69, 9.17) is 14.2 Å². The van der Waals surface area contributed by atoms with Crippen LogP contribution in [0.5, 0.6) is 17.2 Å². The van der Waals surface area contributed by atoms with Crippen LogP contribution < -0.4 is 19.5 Å². The quantitative estimate of drug-likeness (QED) is 0.329. The molecule has 0 spiro atoms. The molecule has 1 atom stereocenters. The molecule has 1 aliphatic rings. The molecule has 0 bridgehead atoms. The molecule has 2 amide bonds. The Morgan fingerprint density at radius 3 is 2.29 bits per heavy atom. The summed E-state index contributed by atoms with van der Waals surface area (Å²) in [5.74, 6) is 1.25. The average Bonchev–Trinajstić information content (AvgIpc) is 3.42. The summed E-state index contributed by atoms with van der Waals surface area (Å²) in [5, 5.41) is 2.98. The molecule has 1 unspecified atom stereocenters. The Hall–Kier alpha value is -4.78. The fourth-order valence-electron chi connectivity index (χ4n) is 4.44. The van der Waals surface area contributed by atoms with E-state index < -0.39 is 6.04 Å². The van der Waals surface area contributed by atoms with Crippen LogP contribution >= 0.6 is 0 Å². The first-order valence-corrected chi connectivity index (χ1v) is 12.3. The van der Waals surface area contributed by atoms with Gasteiger partial charge in [0.15, 0.2) is 11.5 Å². The van der Waals surface area contributed by atoms with Gasteiger partial charge in [0.05, 0.1) is 13.5 Å². The molecular formula is C31H28N2O5. The van der Waals surface area contributed by atoms with Crippen molar-refractivity contribution in [3.8, 4) is 17.2 Å². The third kappa shape index (κ3) is 5.78.